The molecule has 0 radical (unpaired) electrons. The number of fused-ring (bicyclic) bond motifs is 2. The molecule has 1 aromatic rings. The number of allylic oxidation sites excluding steroid dienone is 3. The summed E-state index contributed by atoms with van der Waals surface area (Å²) in [6, 6.07) is 3.64. The standard InChI is InChI=1S/C14H16BClFN2/c1-5-11-8(2)14-9(3)12-6-7-13(16)19(12)15(17)18(14)10(11)4/h6-7H,5H2,1-4H3/q+1. The fourth-order valence-corrected chi connectivity index (χ4v) is 3.57. The summed E-state index contributed by atoms with van der Waals surface area (Å²) in [6.45, 7) is 8.20. The number of hydrogen-bond acceptors (Lipinski definition) is 0. The average Bonchev–Trinajstić information content (AvgIpc) is 2.86. The highest BCUT2D eigenvalue weighted by Gasteiger charge is 2.51. The van der Waals surface area contributed by atoms with Crippen molar-refractivity contribution in [3.63, 3.8) is 0 Å². The van der Waals surface area contributed by atoms with Crippen LogP contribution in [0.2, 0.25) is 5.15 Å². The van der Waals surface area contributed by atoms with Crippen LogP contribution in [0.15, 0.2) is 29.0 Å². The fraction of sp³-hybridized carbons (Fsp3) is 0.357. The van der Waals surface area contributed by atoms with E-state index >= 15 is 0 Å². The summed E-state index contributed by atoms with van der Waals surface area (Å²) < 4.78 is 18.2. The van der Waals surface area contributed by atoms with Crippen molar-refractivity contribution in [2.45, 2.75) is 34.1 Å². The second-order valence-electron chi connectivity index (χ2n) is 5.11. The molecule has 0 aromatic carbocycles. The summed E-state index contributed by atoms with van der Waals surface area (Å²) in [5.41, 5.74) is 6.37. The summed E-state index contributed by atoms with van der Waals surface area (Å²) >= 11 is 6.11. The van der Waals surface area contributed by atoms with Crippen LogP contribution >= 0.6 is 11.6 Å². The maximum absolute atomic E-state index is 14.9. The Hall–Kier alpha value is -1.29. The highest BCUT2D eigenvalue weighted by atomic mass is 35.5. The number of aromatic nitrogens is 1. The lowest BCUT2D eigenvalue weighted by Crippen LogP contribution is -2.40. The Balaban J connectivity index is 2.36. The molecule has 0 aliphatic carbocycles. The van der Waals surface area contributed by atoms with Gasteiger partial charge in [0.2, 0.25) is 0 Å². The molecule has 0 saturated heterocycles. The molecule has 0 atom stereocenters. The molecule has 19 heavy (non-hydrogen) atoms. The van der Waals surface area contributed by atoms with Gasteiger partial charge in [-0.25, -0.2) is 8.80 Å². The highest BCUT2D eigenvalue weighted by molar-refractivity contribution is 6.46. The van der Waals surface area contributed by atoms with Gasteiger partial charge in [0.05, 0.1) is 0 Å². The molecule has 2 aliphatic rings. The summed E-state index contributed by atoms with van der Waals surface area (Å²) in [7, 11) is -1.25. The molecule has 0 fully saturated rings. The normalized spacial score (nSPS) is 18.5. The zero-order valence-electron chi connectivity index (χ0n) is 11.6. The van der Waals surface area contributed by atoms with Gasteiger partial charge < -0.3 is 0 Å². The van der Waals surface area contributed by atoms with Gasteiger partial charge in [-0.05, 0) is 32.4 Å². The molecule has 98 valence electrons. The van der Waals surface area contributed by atoms with Crippen LogP contribution < -0.4 is 0 Å². The first-order valence-corrected chi connectivity index (χ1v) is 6.92. The van der Waals surface area contributed by atoms with Gasteiger partial charge in [0.25, 0.3) is 0 Å². The maximum Gasteiger partial charge on any atom is 0.847 e. The predicted octanol–water partition coefficient (Wildman–Crippen LogP) is 3.90. The lowest BCUT2D eigenvalue weighted by molar-refractivity contribution is -0.337. The first-order valence-electron chi connectivity index (χ1n) is 6.54. The SMILES string of the molecule is CCC1=C(C)C2=C(C)c3ccc(Cl)n3B(F)[N+]2=C1C. The highest BCUT2D eigenvalue weighted by Crippen LogP contribution is 2.38. The summed E-state index contributed by atoms with van der Waals surface area (Å²) in [5.74, 6) is 0. The molecule has 0 bridgehead atoms. The molecule has 0 spiro atoms. The largest absolute Gasteiger partial charge is 0.847 e. The van der Waals surface area contributed by atoms with Crippen LogP contribution in [0.3, 0.4) is 0 Å². The predicted molar refractivity (Wildman–Crippen MR) is 78.2 cm³/mol. The van der Waals surface area contributed by atoms with E-state index in [2.05, 4.69) is 13.8 Å². The number of hydrogen-bond donors (Lipinski definition) is 0. The fourth-order valence-electron chi connectivity index (χ4n) is 3.34. The molecule has 3 rings (SSSR count). The van der Waals surface area contributed by atoms with Crippen LogP contribution in [0, 0.1) is 0 Å². The van der Waals surface area contributed by atoms with E-state index in [4.69, 9.17) is 11.6 Å². The van der Waals surface area contributed by atoms with Crippen LogP contribution in [0.4, 0.5) is 4.32 Å². The summed E-state index contributed by atoms with van der Waals surface area (Å²) in [5, 5.41) is 0.441. The minimum atomic E-state index is -1.25. The molecular weight excluding hydrogens is 261 g/mol. The van der Waals surface area contributed by atoms with Crippen molar-refractivity contribution in [1.29, 1.82) is 0 Å². The van der Waals surface area contributed by atoms with Crippen LogP contribution in [-0.2, 0) is 0 Å². The third kappa shape index (κ3) is 1.46. The van der Waals surface area contributed by atoms with Crippen molar-refractivity contribution in [3.05, 3.63) is 39.8 Å². The zero-order valence-corrected chi connectivity index (χ0v) is 12.3. The monoisotopic (exact) mass is 277 g/mol. The second kappa shape index (κ2) is 4.10. The van der Waals surface area contributed by atoms with Crippen molar-refractivity contribution in [1.82, 2.24) is 4.48 Å². The van der Waals surface area contributed by atoms with Crippen LogP contribution in [0.1, 0.15) is 39.8 Å². The van der Waals surface area contributed by atoms with E-state index in [9.17, 15) is 4.32 Å². The smallest absolute Gasteiger partial charge is 0.276 e. The van der Waals surface area contributed by atoms with Crippen LogP contribution in [0.25, 0.3) is 5.57 Å². The van der Waals surface area contributed by atoms with Crippen LogP contribution in [-0.4, -0.2) is 21.9 Å². The first kappa shape index (κ1) is 12.7. The Morgan fingerprint density at radius 2 is 1.95 bits per heavy atom. The van der Waals surface area contributed by atoms with Crippen molar-refractivity contribution in [2.24, 2.45) is 0 Å². The van der Waals surface area contributed by atoms with Crippen molar-refractivity contribution in [3.8, 4) is 0 Å². The lowest BCUT2D eigenvalue weighted by Gasteiger charge is -2.17. The summed E-state index contributed by atoms with van der Waals surface area (Å²) in [4.78, 5) is 0. The minimum absolute atomic E-state index is 0.441. The third-order valence-corrected chi connectivity index (χ3v) is 4.54. The molecule has 0 saturated carbocycles. The Kier molecular flexibility index (Phi) is 2.75. The van der Waals surface area contributed by atoms with Gasteiger partial charge in [0, 0.05) is 29.3 Å². The Labute approximate surface area is 118 Å². The summed E-state index contributed by atoms with van der Waals surface area (Å²) in [6.07, 6.45) is 0.917. The van der Waals surface area contributed by atoms with E-state index in [-0.39, 0.29) is 0 Å². The molecule has 2 aliphatic heterocycles. The van der Waals surface area contributed by atoms with Gasteiger partial charge in [-0.3, -0.25) is 4.48 Å². The van der Waals surface area contributed by atoms with Gasteiger partial charge in [0.15, 0.2) is 11.4 Å². The van der Waals surface area contributed by atoms with Gasteiger partial charge in [-0.1, -0.05) is 18.5 Å². The molecular formula is C14H16BClFN2+. The number of nitrogens with zero attached hydrogens (tertiary/aromatic N) is 2. The van der Waals surface area contributed by atoms with Gasteiger partial charge >= 0.3 is 7.26 Å². The topological polar surface area (TPSA) is 7.94 Å². The first-order chi connectivity index (χ1) is 8.99. The van der Waals surface area contributed by atoms with Gasteiger partial charge in [0.1, 0.15) is 5.15 Å². The molecule has 0 N–H and O–H groups in total. The lowest BCUT2D eigenvalue weighted by atomic mass is 9.92. The van der Waals surface area contributed by atoms with Crippen molar-refractivity contribution in [2.75, 3.05) is 0 Å². The quantitative estimate of drug-likeness (QED) is 0.688. The Morgan fingerprint density at radius 3 is 2.58 bits per heavy atom. The minimum Gasteiger partial charge on any atom is -0.276 e. The van der Waals surface area contributed by atoms with Crippen molar-refractivity contribution < 1.29 is 8.80 Å². The number of halogens is 2. The zero-order chi connectivity index (χ0) is 13.9. The molecule has 0 unspecified atom stereocenters. The van der Waals surface area contributed by atoms with Gasteiger partial charge in [-0.2, -0.15) is 0 Å². The molecule has 3 heterocycles. The second-order valence-corrected chi connectivity index (χ2v) is 5.50. The average molecular weight is 278 g/mol. The molecule has 1 aromatic heterocycles. The Morgan fingerprint density at radius 1 is 1.26 bits per heavy atom. The van der Waals surface area contributed by atoms with Gasteiger partial charge in [-0.15, -0.1) is 0 Å². The van der Waals surface area contributed by atoms with Crippen molar-refractivity contribution >= 4 is 30.1 Å². The molecule has 5 heteroatoms. The van der Waals surface area contributed by atoms with E-state index in [1.807, 2.05) is 19.9 Å². The maximum atomic E-state index is 14.9. The van der Waals surface area contributed by atoms with E-state index in [0.717, 1.165) is 29.1 Å². The van der Waals surface area contributed by atoms with E-state index < -0.39 is 7.26 Å². The molecule has 2 nitrogen and oxygen atoms in total. The van der Waals surface area contributed by atoms with E-state index in [1.165, 1.54) is 11.1 Å². The van der Waals surface area contributed by atoms with E-state index in [0.29, 0.717) is 5.15 Å². The Bertz CT molecular complexity index is 682. The third-order valence-electron chi connectivity index (χ3n) is 4.23. The molecule has 0 amide bonds. The van der Waals surface area contributed by atoms with E-state index in [1.54, 1.807) is 15.0 Å². The number of rotatable bonds is 1. The van der Waals surface area contributed by atoms with Crippen LogP contribution in [0.5, 0.6) is 0 Å².